The zero-order chi connectivity index (χ0) is 36.8. The fraction of sp³-hybridized carbons (Fsp3) is 0.605. The molecule has 1 saturated carbocycles. The van der Waals surface area contributed by atoms with Crippen molar-refractivity contribution >= 4 is 29.0 Å². The van der Waals surface area contributed by atoms with Crippen LogP contribution in [0.1, 0.15) is 83.5 Å². The second-order valence-electron chi connectivity index (χ2n) is 14.9. The Kier molecular flexibility index (Phi) is 12.3. The van der Waals surface area contributed by atoms with Crippen molar-refractivity contribution in [2.45, 2.75) is 116 Å². The van der Waals surface area contributed by atoms with Crippen molar-refractivity contribution in [1.29, 1.82) is 0 Å². The lowest BCUT2D eigenvalue weighted by molar-refractivity contribution is 0.00721. The number of hydrogen-bond donors (Lipinski definition) is 5. The number of amides is 2. The first-order valence-electron chi connectivity index (χ1n) is 19.1. The fourth-order valence-electron chi connectivity index (χ4n) is 7.69. The Bertz CT molecular complexity index is 1730. The number of aliphatic hydroxyl groups excluding tert-OH is 2. The van der Waals surface area contributed by atoms with Gasteiger partial charge in [-0.15, -0.1) is 0 Å². The van der Waals surface area contributed by atoms with Crippen molar-refractivity contribution in [3.63, 3.8) is 0 Å². The fourth-order valence-corrected chi connectivity index (χ4v) is 7.69. The van der Waals surface area contributed by atoms with Crippen molar-refractivity contribution in [3.05, 3.63) is 60.2 Å². The third-order valence-electron chi connectivity index (χ3n) is 10.6. The third kappa shape index (κ3) is 8.67. The number of anilines is 2. The number of nitrogens with one attached hydrogen (secondary N) is 3. The first kappa shape index (κ1) is 37.5. The number of hydrogen-bond acceptors (Lipinski definition) is 10. The largest absolute Gasteiger partial charge is 0.388 e. The van der Waals surface area contributed by atoms with E-state index in [0.717, 1.165) is 44.2 Å². The summed E-state index contributed by atoms with van der Waals surface area (Å²) in [5.41, 5.74) is 3.62. The van der Waals surface area contributed by atoms with Gasteiger partial charge < -0.3 is 35.6 Å². The van der Waals surface area contributed by atoms with Crippen LogP contribution in [-0.2, 0) is 12.8 Å². The molecule has 282 valence electrons. The normalized spacial score (nSPS) is 22.0. The smallest absolute Gasteiger partial charge is 0.315 e. The molecule has 4 heterocycles. The highest BCUT2D eigenvalue weighted by molar-refractivity contribution is 5.84. The first-order chi connectivity index (χ1) is 25.1. The average Bonchev–Trinajstić information content (AvgIpc) is 3.94. The molecule has 4 aromatic rings. The molecule has 14 nitrogen and oxygen atoms in total. The van der Waals surface area contributed by atoms with Gasteiger partial charge in [0, 0.05) is 57.0 Å². The number of carbonyl (C=O) groups excluding carboxylic acids is 1. The molecule has 2 aliphatic rings. The highest BCUT2D eigenvalue weighted by atomic mass is 16.3. The number of imidazole rings is 1. The SMILES string of the molecule is CCc1cnn([C@H]2C[C@@H](n3cnc4c(NCCCCc5ccccc5)nc(N5CC[C@@H](NC(=O)NCCN(C(C)C)C(C)C)C5)nc43)[C@H](O)[C@@H]2O)c1. The molecule has 1 saturated heterocycles. The van der Waals surface area contributed by atoms with Crippen LogP contribution in [0, 0.1) is 0 Å². The van der Waals surface area contributed by atoms with Gasteiger partial charge in [-0.25, -0.2) is 9.78 Å². The van der Waals surface area contributed by atoms with Gasteiger partial charge in [0.2, 0.25) is 5.95 Å². The van der Waals surface area contributed by atoms with E-state index in [1.54, 1.807) is 11.0 Å². The van der Waals surface area contributed by atoms with Gasteiger partial charge in [0.25, 0.3) is 0 Å². The topological polar surface area (TPSA) is 162 Å². The van der Waals surface area contributed by atoms with Crippen LogP contribution in [0.15, 0.2) is 49.1 Å². The summed E-state index contributed by atoms with van der Waals surface area (Å²) in [6, 6.07) is 10.2. The van der Waals surface area contributed by atoms with E-state index in [-0.39, 0.29) is 18.1 Å². The first-order valence-corrected chi connectivity index (χ1v) is 19.1. The molecule has 1 aromatic carbocycles. The lowest BCUT2D eigenvalue weighted by Crippen LogP contribution is -2.47. The third-order valence-corrected chi connectivity index (χ3v) is 10.6. The maximum Gasteiger partial charge on any atom is 0.315 e. The molecule has 2 amide bonds. The number of carbonyl (C=O) groups is 1. The van der Waals surface area contributed by atoms with Crippen LogP contribution in [0.3, 0.4) is 0 Å². The molecule has 0 bridgehead atoms. The summed E-state index contributed by atoms with van der Waals surface area (Å²) in [5, 5.41) is 36.7. The average molecular weight is 716 g/mol. The Balaban J connectivity index is 1.17. The van der Waals surface area contributed by atoms with Gasteiger partial charge in [-0.3, -0.25) is 9.58 Å². The highest BCUT2D eigenvalue weighted by Crippen LogP contribution is 2.40. The maximum absolute atomic E-state index is 12.9. The number of rotatable bonds is 16. The summed E-state index contributed by atoms with van der Waals surface area (Å²) in [6.45, 7) is 14.1. The van der Waals surface area contributed by atoms with Crippen LogP contribution in [0.4, 0.5) is 16.6 Å². The molecule has 52 heavy (non-hydrogen) atoms. The van der Waals surface area contributed by atoms with Crippen LogP contribution in [-0.4, -0.2) is 114 Å². The van der Waals surface area contributed by atoms with Crippen LogP contribution in [0.5, 0.6) is 0 Å². The van der Waals surface area contributed by atoms with Crippen molar-refractivity contribution in [2.24, 2.45) is 0 Å². The van der Waals surface area contributed by atoms with Crippen molar-refractivity contribution in [3.8, 4) is 0 Å². The number of aliphatic hydroxyl groups is 2. The molecule has 3 aromatic heterocycles. The van der Waals surface area contributed by atoms with Gasteiger partial charge in [0.15, 0.2) is 17.0 Å². The molecule has 1 aliphatic carbocycles. The van der Waals surface area contributed by atoms with E-state index >= 15 is 0 Å². The summed E-state index contributed by atoms with van der Waals surface area (Å²) in [4.78, 5) is 32.0. The van der Waals surface area contributed by atoms with E-state index in [2.05, 4.69) is 89.7 Å². The summed E-state index contributed by atoms with van der Waals surface area (Å²) in [6.07, 6.45) is 8.49. The Morgan fingerprint density at radius 3 is 2.50 bits per heavy atom. The summed E-state index contributed by atoms with van der Waals surface area (Å²) in [7, 11) is 0. The van der Waals surface area contributed by atoms with E-state index in [9.17, 15) is 15.0 Å². The molecule has 0 spiro atoms. The highest BCUT2D eigenvalue weighted by Gasteiger charge is 2.44. The number of benzene rings is 1. The monoisotopic (exact) mass is 715 g/mol. The van der Waals surface area contributed by atoms with E-state index < -0.39 is 18.2 Å². The standard InChI is InChI=1S/C38H57N11O3/c1-6-27-21-42-49(22-27)31-20-30(33(50)34(31)51)48-24-41-32-35(39-16-11-10-14-28-12-8-7-9-13-28)44-37(45-36(32)48)46-18-15-29(23-46)43-38(52)40-17-19-47(25(2)3)26(4)5/h7-9,12-13,21-22,24-26,29-31,33-34,50-51H,6,10-11,14-20,23H2,1-5H3,(H,39,44,45)(H2,40,43,52)/t29-,30-,31+,33+,34-/m1/s1. The number of nitrogens with zero attached hydrogens (tertiary/aromatic N) is 8. The maximum atomic E-state index is 12.9. The number of aromatic nitrogens is 6. The van der Waals surface area contributed by atoms with Crippen molar-refractivity contribution in [1.82, 2.24) is 44.8 Å². The van der Waals surface area contributed by atoms with Crippen molar-refractivity contribution < 1.29 is 15.0 Å². The quantitative estimate of drug-likeness (QED) is 0.108. The molecule has 5 N–H and O–H groups in total. The van der Waals surface area contributed by atoms with Crippen LogP contribution >= 0.6 is 0 Å². The molecule has 5 atom stereocenters. The Morgan fingerprint density at radius 1 is 1.00 bits per heavy atom. The van der Waals surface area contributed by atoms with Gasteiger partial charge >= 0.3 is 6.03 Å². The van der Waals surface area contributed by atoms with E-state index in [0.29, 0.717) is 67.6 Å². The summed E-state index contributed by atoms with van der Waals surface area (Å²) in [5.74, 6) is 1.18. The Labute approximate surface area is 307 Å². The minimum Gasteiger partial charge on any atom is -0.388 e. The molecule has 6 rings (SSSR count). The van der Waals surface area contributed by atoms with Gasteiger partial charge in [-0.1, -0.05) is 37.3 Å². The lowest BCUT2D eigenvalue weighted by atomic mass is 10.1. The second kappa shape index (κ2) is 17.0. The molecule has 1 aliphatic heterocycles. The van der Waals surface area contributed by atoms with Gasteiger partial charge in [-0.05, 0) is 77.3 Å². The van der Waals surface area contributed by atoms with Crippen LogP contribution in [0.25, 0.3) is 11.2 Å². The van der Waals surface area contributed by atoms with Crippen LogP contribution < -0.4 is 20.9 Å². The summed E-state index contributed by atoms with van der Waals surface area (Å²) < 4.78 is 3.66. The van der Waals surface area contributed by atoms with E-state index in [1.165, 1.54) is 5.56 Å². The zero-order valence-corrected chi connectivity index (χ0v) is 31.3. The van der Waals surface area contributed by atoms with Gasteiger partial charge in [0.1, 0.15) is 12.2 Å². The van der Waals surface area contributed by atoms with Crippen LogP contribution in [0.2, 0.25) is 0 Å². The number of aryl methyl sites for hydroxylation is 2. The molecule has 2 fully saturated rings. The molecular formula is C38H57N11O3. The molecule has 0 radical (unpaired) electrons. The molecule has 14 heteroatoms. The van der Waals surface area contributed by atoms with Gasteiger partial charge in [-0.2, -0.15) is 15.1 Å². The zero-order valence-electron chi connectivity index (χ0n) is 31.3. The van der Waals surface area contributed by atoms with E-state index in [4.69, 9.17) is 15.0 Å². The minimum absolute atomic E-state index is 0.0560. The van der Waals surface area contributed by atoms with Gasteiger partial charge in [0.05, 0.1) is 24.6 Å². The number of urea groups is 1. The second-order valence-corrected chi connectivity index (χ2v) is 14.9. The number of fused-ring (bicyclic) bond motifs is 1. The Hall–Kier alpha value is -4.27. The molecular weight excluding hydrogens is 658 g/mol. The minimum atomic E-state index is -1.03. The molecule has 0 unspecified atom stereocenters. The number of unbranched alkanes of at least 4 members (excludes halogenated alkanes) is 1. The Morgan fingerprint density at radius 2 is 1.77 bits per heavy atom. The lowest BCUT2D eigenvalue weighted by Gasteiger charge is -2.30. The van der Waals surface area contributed by atoms with Crippen molar-refractivity contribution in [2.75, 3.05) is 42.9 Å². The predicted molar refractivity (Wildman–Crippen MR) is 204 cm³/mol. The predicted octanol–water partition coefficient (Wildman–Crippen LogP) is 3.92. The summed E-state index contributed by atoms with van der Waals surface area (Å²) >= 11 is 0. The van der Waals surface area contributed by atoms with E-state index in [1.807, 2.05) is 23.0 Å².